The molecule has 4 rings (SSSR count). The lowest BCUT2D eigenvalue weighted by Crippen LogP contribution is -2.50. The van der Waals surface area contributed by atoms with Crippen LogP contribution in [0.15, 0.2) is 48.5 Å². The number of carbonyl (C=O) groups is 3. The van der Waals surface area contributed by atoms with E-state index in [9.17, 15) is 19.5 Å². The van der Waals surface area contributed by atoms with Gasteiger partial charge in [-0.1, -0.05) is 62.4 Å². The van der Waals surface area contributed by atoms with Gasteiger partial charge in [0.15, 0.2) is 0 Å². The van der Waals surface area contributed by atoms with Gasteiger partial charge in [-0.3, -0.25) is 14.5 Å². The molecule has 0 bridgehead atoms. The summed E-state index contributed by atoms with van der Waals surface area (Å²) in [4.78, 5) is 38.9. The van der Waals surface area contributed by atoms with E-state index >= 15 is 0 Å². The number of aromatic carboxylic acids is 1. The van der Waals surface area contributed by atoms with Gasteiger partial charge in [0.1, 0.15) is 0 Å². The number of carbonyl (C=O) groups excluding carboxylic acids is 2. The number of nitrogens with two attached hydrogens (primary N) is 1. The Balaban J connectivity index is 0.000000493. The second kappa shape index (κ2) is 14.1. The number of benzene rings is 2. The largest absolute Gasteiger partial charge is 0.478 e. The first kappa shape index (κ1) is 31.1. The molecule has 208 valence electrons. The summed E-state index contributed by atoms with van der Waals surface area (Å²) in [5, 5.41) is 34.3. The third kappa shape index (κ3) is 7.24. The zero-order valence-corrected chi connectivity index (χ0v) is 21.4. The first-order valence-electron chi connectivity index (χ1n) is 12.7. The molecule has 38 heavy (non-hydrogen) atoms. The Morgan fingerprint density at radius 3 is 2.03 bits per heavy atom. The lowest BCUT2D eigenvalue weighted by Gasteiger charge is -2.29. The number of aliphatic hydroxyl groups excluding tert-OH is 3. The second-order valence-electron chi connectivity index (χ2n) is 9.89. The quantitative estimate of drug-likeness (QED) is 0.303. The van der Waals surface area contributed by atoms with E-state index in [0.717, 1.165) is 18.4 Å². The lowest BCUT2D eigenvalue weighted by molar-refractivity contribution is 0.0565. The third-order valence-electron chi connectivity index (χ3n) is 7.18. The minimum atomic E-state index is -1.21. The van der Waals surface area contributed by atoms with E-state index in [2.05, 4.69) is 0 Å². The summed E-state index contributed by atoms with van der Waals surface area (Å²) in [5.74, 6) is -1.20. The number of nitrogens with zero attached hydrogens (tertiary/aromatic N) is 1. The van der Waals surface area contributed by atoms with Gasteiger partial charge in [-0.25, -0.2) is 4.79 Å². The number of rotatable bonds is 9. The monoisotopic (exact) mass is 530 g/mol. The third-order valence-corrected chi connectivity index (χ3v) is 7.18. The topological polar surface area (TPSA) is 193 Å². The van der Waals surface area contributed by atoms with Crippen molar-refractivity contribution in [3.8, 4) is 0 Å². The summed E-state index contributed by atoms with van der Waals surface area (Å²) in [7, 11) is 0. The molecule has 1 aliphatic carbocycles. The Bertz CT molecular complexity index is 1070. The summed E-state index contributed by atoms with van der Waals surface area (Å²) < 4.78 is 0. The molecule has 2 aliphatic rings. The van der Waals surface area contributed by atoms with Gasteiger partial charge in [-0.15, -0.1) is 0 Å². The van der Waals surface area contributed by atoms with E-state index in [1.807, 2.05) is 30.3 Å². The van der Waals surface area contributed by atoms with Crippen molar-refractivity contribution in [2.75, 3.05) is 19.8 Å². The molecule has 8 N–H and O–H groups in total. The van der Waals surface area contributed by atoms with Crippen molar-refractivity contribution in [3.63, 3.8) is 0 Å². The molecule has 2 amide bonds. The zero-order chi connectivity index (χ0) is 27.0. The van der Waals surface area contributed by atoms with Gasteiger partial charge in [-0.2, -0.15) is 0 Å². The van der Waals surface area contributed by atoms with Gasteiger partial charge in [-0.05, 0) is 42.5 Å². The van der Waals surface area contributed by atoms with Crippen LogP contribution in [0, 0.1) is 5.92 Å². The van der Waals surface area contributed by atoms with E-state index in [1.54, 1.807) is 0 Å². The minimum absolute atomic E-state index is 0. The number of aliphatic hydroxyl groups is 3. The van der Waals surface area contributed by atoms with Crippen LogP contribution in [0.5, 0.6) is 0 Å². The van der Waals surface area contributed by atoms with Crippen LogP contribution in [-0.2, 0) is 0 Å². The predicted molar refractivity (Wildman–Crippen MR) is 141 cm³/mol. The van der Waals surface area contributed by atoms with Crippen LogP contribution in [0.2, 0.25) is 0 Å². The first-order chi connectivity index (χ1) is 17.7. The average molecular weight is 531 g/mol. The van der Waals surface area contributed by atoms with Gasteiger partial charge in [0.05, 0.1) is 48.1 Å². The van der Waals surface area contributed by atoms with Crippen LogP contribution >= 0.6 is 0 Å². The molecule has 1 heterocycles. The molecular weight excluding hydrogens is 492 g/mol. The van der Waals surface area contributed by atoms with Crippen LogP contribution < -0.4 is 5.73 Å². The van der Waals surface area contributed by atoms with Crippen LogP contribution in [-0.4, -0.2) is 73.9 Å². The van der Waals surface area contributed by atoms with Crippen molar-refractivity contribution >= 4 is 17.8 Å². The molecule has 0 unspecified atom stereocenters. The van der Waals surface area contributed by atoms with Crippen LogP contribution in [0.1, 0.15) is 87.6 Å². The van der Waals surface area contributed by atoms with Crippen molar-refractivity contribution in [1.82, 2.24) is 4.90 Å². The summed E-state index contributed by atoms with van der Waals surface area (Å²) in [6, 6.07) is 13.5. The molecule has 1 saturated carbocycles. The highest BCUT2D eigenvalue weighted by Gasteiger charge is 2.41. The smallest absolute Gasteiger partial charge is 0.335 e. The van der Waals surface area contributed by atoms with E-state index in [0.29, 0.717) is 11.5 Å². The van der Waals surface area contributed by atoms with E-state index in [4.69, 9.17) is 21.1 Å². The minimum Gasteiger partial charge on any atom is -0.478 e. The lowest BCUT2D eigenvalue weighted by atomic mass is 9.84. The average Bonchev–Trinajstić information content (AvgIpc) is 3.19. The highest BCUT2D eigenvalue weighted by Crippen LogP contribution is 2.37. The number of imide groups is 1. The fourth-order valence-electron chi connectivity index (χ4n) is 4.81. The number of hydrogen-bond donors (Lipinski definition) is 5. The van der Waals surface area contributed by atoms with Crippen molar-refractivity contribution in [2.45, 2.75) is 56.5 Å². The summed E-state index contributed by atoms with van der Waals surface area (Å²) in [6.07, 6.45) is 7.94. The Morgan fingerprint density at radius 2 is 1.50 bits per heavy atom. The second-order valence-corrected chi connectivity index (χ2v) is 9.89. The van der Waals surface area contributed by atoms with Gasteiger partial charge in [0.2, 0.25) is 0 Å². The van der Waals surface area contributed by atoms with Crippen LogP contribution in [0.25, 0.3) is 0 Å². The molecule has 2 aromatic carbocycles. The fourth-order valence-corrected chi connectivity index (χ4v) is 4.81. The molecule has 0 spiro atoms. The van der Waals surface area contributed by atoms with Crippen molar-refractivity contribution in [1.29, 1.82) is 0 Å². The van der Waals surface area contributed by atoms with Gasteiger partial charge in [0, 0.05) is 0 Å². The molecule has 10 nitrogen and oxygen atoms in total. The summed E-state index contributed by atoms with van der Waals surface area (Å²) in [5.41, 5.74) is 5.38. The number of fused-ring (bicyclic) bond motifs is 1. The van der Waals surface area contributed by atoms with Crippen molar-refractivity contribution < 1.29 is 40.3 Å². The molecule has 10 heteroatoms. The fraction of sp³-hybridized carbons (Fsp3) is 0.464. The van der Waals surface area contributed by atoms with E-state index in [-0.39, 0.29) is 28.6 Å². The Labute approximate surface area is 222 Å². The Kier molecular flexibility index (Phi) is 11.6. The number of carboxylic acid groups (broad SMARTS) is 1. The number of amides is 2. The van der Waals surface area contributed by atoms with Gasteiger partial charge in [0.25, 0.3) is 11.8 Å². The molecule has 0 aromatic heterocycles. The molecule has 2 aromatic rings. The standard InChI is InChI=1S/C24H25NO4.C4H11NO3.H2O/c26-22-19-13-12-18(24(28)29)15-20(19)23(27)25(22)21(17-9-5-2-6-10-17)14-11-16-7-3-1-4-8-16;5-4(1-6,2-7)3-8;/h2,5-6,9-10,12-13,15-16,21H,1,3-4,7-8,11,14H2,(H,28,29);6-8H,1-3,5H2;1H2/t21-;;/m0../s1. The van der Waals surface area contributed by atoms with Gasteiger partial charge >= 0.3 is 5.97 Å². The summed E-state index contributed by atoms with van der Waals surface area (Å²) in [6.45, 7) is -1.21. The summed E-state index contributed by atoms with van der Waals surface area (Å²) >= 11 is 0. The number of hydrogen-bond acceptors (Lipinski definition) is 7. The predicted octanol–water partition coefficient (Wildman–Crippen LogP) is 1.92. The Hall–Kier alpha value is -3.15. The molecule has 1 fully saturated rings. The maximum Gasteiger partial charge on any atom is 0.335 e. The highest BCUT2D eigenvalue weighted by molar-refractivity contribution is 6.22. The van der Waals surface area contributed by atoms with Crippen LogP contribution in [0.3, 0.4) is 0 Å². The normalized spacial score (nSPS) is 16.3. The molecule has 1 aliphatic heterocycles. The SMILES string of the molecule is NC(CO)(CO)CO.O.O=C(O)c1ccc2c(c1)C(=O)N([C@@H](CCC1CCCCC1)c1ccccc1)C2=O. The highest BCUT2D eigenvalue weighted by atomic mass is 16.4. The molecular formula is C28H38N2O8. The Morgan fingerprint density at radius 1 is 0.921 bits per heavy atom. The molecule has 0 saturated heterocycles. The zero-order valence-electron chi connectivity index (χ0n) is 21.4. The maximum atomic E-state index is 13.2. The molecule has 0 radical (unpaired) electrons. The first-order valence-corrected chi connectivity index (χ1v) is 12.7. The van der Waals surface area contributed by atoms with E-state index < -0.39 is 37.2 Å². The number of carboxylic acids is 1. The van der Waals surface area contributed by atoms with Crippen LogP contribution in [0.4, 0.5) is 0 Å². The molecule has 1 atom stereocenters. The van der Waals surface area contributed by atoms with E-state index in [1.165, 1.54) is 55.2 Å². The maximum absolute atomic E-state index is 13.2. The van der Waals surface area contributed by atoms with Gasteiger partial charge < -0.3 is 31.6 Å². The van der Waals surface area contributed by atoms with Crippen molar-refractivity contribution in [3.05, 3.63) is 70.8 Å². The van der Waals surface area contributed by atoms with Crippen molar-refractivity contribution in [2.24, 2.45) is 11.7 Å².